The number of anilines is 1. The van der Waals surface area contributed by atoms with Crippen LogP contribution in [0.3, 0.4) is 0 Å². The Labute approximate surface area is 95.5 Å². The third-order valence-electron chi connectivity index (χ3n) is 2.99. The van der Waals surface area contributed by atoms with Crippen molar-refractivity contribution >= 4 is 17.5 Å². The molecule has 1 saturated heterocycles. The summed E-state index contributed by atoms with van der Waals surface area (Å²) >= 11 is 6.13. The molecule has 0 saturated carbocycles. The van der Waals surface area contributed by atoms with Gasteiger partial charge in [-0.15, -0.1) is 11.6 Å². The highest BCUT2D eigenvalue weighted by Crippen LogP contribution is 2.25. The molecule has 1 aliphatic rings. The predicted octanol–water partition coefficient (Wildman–Crippen LogP) is 2.30. The van der Waals surface area contributed by atoms with Crippen molar-refractivity contribution in [1.82, 2.24) is 9.97 Å². The number of rotatable bonds is 1. The Morgan fingerprint density at radius 1 is 1.47 bits per heavy atom. The van der Waals surface area contributed by atoms with E-state index >= 15 is 0 Å². The van der Waals surface area contributed by atoms with Crippen LogP contribution in [0.15, 0.2) is 6.20 Å². The van der Waals surface area contributed by atoms with E-state index in [4.69, 9.17) is 11.6 Å². The summed E-state index contributed by atoms with van der Waals surface area (Å²) in [5.74, 6) is 0.814. The largest absolute Gasteiger partial charge is 0.337 e. The highest BCUT2D eigenvalue weighted by Gasteiger charge is 2.29. The summed E-state index contributed by atoms with van der Waals surface area (Å²) in [7, 11) is 0. The van der Waals surface area contributed by atoms with Gasteiger partial charge < -0.3 is 4.90 Å². The van der Waals surface area contributed by atoms with Crippen LogP contribution in [0, 0.1) is 13.8 Å². The number of alkyl halides is 1. The van der Waals surface area contributed by atoms with Crippen LogP contribution in [0.5, 0.6) is 0 Å². The summed E-state index contributed by atoms with van der Waals surface area (Å²) in [6, 6.07) is 0.439. The number of aromatic nitrogens is 2. The third-order valence-corrected chi connectivity index (χ3v) is 3.31. The van der Waals surface area contributed by atoms with Gasteiger partial charge in [0.2, 0.25) is 5.95 Å². The van der Waals surface area contributed by atoms with Gasteiger partial charge in [-0.2, -0.15) is 0 Å². The highest BCUT2D eigenvalue weighted by molar-refractivity contribution is 6.21. The van der Waals surface area contributed by atoms with Crippen molar-refractivity contribution in [2.75, 3.05) is 11.4 Å². The van der Waals surface area contributed by atoms with Crippen LogP contribution in [0.25, 0.3) is 0 Å². The quantitative estimate of drug-likeness (QED) is 0.687. The van der Waals surface area contributed by atoms with Gasteiger partial charge in [0, 0.05) is 24.5 Å². The smallest absolute Gasteiger partial charge is 0.225 e. The van der Waals surface area contributed by atoms with E-state index < -0.39 is 0 Å². The lowest BCUT2D eigenvalue weighted by molar-refractivity contribution is 0.715. The van der Waals surface area contributed by atoms with Crippen LogP contribution in [-0.2, 0) is 0 Å². The molecular weight excluding hydrogens is 210 g/mol. The van der Waals surface area contributed by atoms with Crippen LogP contribution in [-0.4, -0.2) is 27.9 Å². The highest BCUT2D eigenvalue weighted by atomic mass is 35.5. The molecule has 82 valence electrons. The minimum atomic E-state index is 0.227. The Hall–Kier alpha value is -0.830. The second kappa shape index (κ2) is 3.97. The first-order chi connectivity index (χ1) is 7.08. The van der Waals surface area contributed by atoms with Gasteiger partial charge in [-0.3, -0.25) is 0 Å². The molecule has 0 N–H and O–H groups in total. The molecule has 0 aliphatic carbocycles. The molecule has 2 unspecified atom stereocenters. The average molecular weight is 226 g/mol. The molecule has 1 aromatic heterocycles. The molecule has 0 spiro atoms. The first-order valence-electron chi connectivity index (χ1n) is 5.29. The molecule has 0 amide bonds. The maximum Gasteiger partial charge on any atom is 0.225 e. The summed E-state index contributed by atoms with van der Waals surface area (Å²) in [6.07, 6.45) is 2.89. The predicted molar refractivity (Wildman–Crippen MR) is 62.6 cm³/mol. The number of hydrogen-bond acceptors (Lipinski definition) is 3. The van der Waals surface area contributed by atoms with Crippen LogP contribution in [0.1, 0.15) is 24.6 Å². The van der Waals surface area contributed by atoms with Gasteiger partial charge >= 0.3 is 0 Å². The van der Waals surface area contributed by atoms with E-state index in [2.05, 4.69) is 21.8 Å². The maximum atomic E-state index is 6.13. The van der Waals surface area contributed by atoms with Crippen molar-refractivity contribution in [1.29, 1.82) is 0 Å². The Morgan fingerprint density at radius 2 is 2.20 bits per heavy atom. The molecular formula is C11H16ClN3. The molecule has 0 aromatic carbocycles. The lowest BCUT2D eigenvalue weighted by Gasteiger charge is -2.21. The van der Waals surface area contributed by atoms with Gasteiger partial charge in [0.15, 0.2) is 0 Å². The topological polar surface area (TPSA) is 29.0 Å². The van der Waals surface area contributed by atoms with Crippen LogP contribution in [0.2, 0.25) is 0 Å². The van der Waals surface area contributed by atoms with Crippen LogP contribution < -0.4 is 4.90 Å². The van der Waals surface area contributed by atoms with Gasteiger partial charge in [0.25, 0.3) is 0 Å². The SMILES string of the molecule is Cc1cnc(N2CC(Cl)CC2C)nc1C. The normalized spacial score (nSPS) is 26.0. The van der Waals surface area contributed by atoms with E-state index in [9.17, 15) is 0 Å². The summed E-state index contributed by atoms with van der Waals surface area (Å²) in [6.45, 7) is 7.06. The second-order valence-corrected chi connectivity index (χ2v) is 4.89. The number of hydrogen-bond donors (Lipinski definition) is 0. The molecule has 2 atom stereocenters. The zero-order chi connectivity index (χ0) is 11.0. The first-order valence-corrected chi connectivity index (χ1v) is 5.72. The van der Waals surface area contributed by atoms with E-state index in [0.29, 0.717) is 6.04 Å². The van der Waals surface area contributed by atoms with Crippen molar-refractivity contribution in [2.24, 2.45) is 0 Å². The Kier molecular flexibility index (Phi) is 2.83. The zero-order valence-corrected chi connectivity index (χ0v) is 10.1. The Balaban J connectivity index is 2.26. The third kappa shape index (κ3) is 2.07. The van der Waals surface area contributed by atoms with Gasteiger partial charge in [-0.1, -0.05) is 0 Å². The first kappa shape index (κ1) is 10.7. The maximum absolute atomic E-state index is 6.13. The molecule has 3 nitrogen and oxygen atoms in total. The zero-order valence-electron chi connectivity index (χ0n) is 9.37. The molecule has 0 radical (unpaired) electrons. The van der Waals surface area contributed by atoms with E-state index in [1.165, 1.54) is 0 Å². The van der Waals surface area contributed by atoms with Crippen molar-refractivity contribution in [3.8, 4) is 0 Å². The molecule has 2 rings (SSSR count). The molecule has 1 aliphatic heterocycles. The van der Waals surface area contributed by atoms with E-state index in [1.807, 2.05) is 20.0 Å². The summed E-state index contributed by atoms with van der Waals surface area (Å²) in [4.78, 5) is 11.0. The van der Waals surface area contributed by atoms with Crippen molar-refractivity contribution < 1.29 is 0 Å². The average Bonchev–Trinajstić information content (AvgIpc) is 2.50. The summed E-state index contributed by atoms with van der Waals surface area (Å²) in [5, 5.41) is 0.227. The van der Waals surface area contributed by atoms with Gasteiger partial charge in [-0.25, -0.2) is 9.97 Å². The van der Waals surface area contributed by atoms with E-state index in [0.717, 1.165) is 30.2 Å². The molecule has 1 aromatic rings. The fourth-order valence-electron chi connectivity index (χ4n) is 1.90. The number of halogens is 1. The lowest BCUT2D eigenvalue weighted by Crippen LogP contribution is -2.29. The number of aryl methyl sites for hydroxylation is 2. The molecule has 15 heavy (non-hydrogen) atoms. The van der Waals surface area contributed by atoms with Gasteiger partial charge in [0.1, 0.15) is 0 Å². The van der Waals surface area contributed by atoms with Crippen LogP contribution >= 0.6 is 11.6 Å². The number of nitrogens with zero attached hydrogens (tertiary/aromatic N) is 3. The molecule has 4 heteroatoms. The second-order valence-electron chi connectivity index (χ2n) is 4.27. The van der Waals surface area contributed by atoms with Crippen molar-refractivity contribution in [3.05, 3.63) is 17.5 Å². The minimum absolute atomic E-state index is 0.227. The Bertz CT molecular complexity index is 367. The Morgan fingerprint density at radius 3 is 2.73 bits per heavy atom. The summed E-state index contributed by atoms with van der Waals surface area (Å²) < 4.78 is 0. The van der Waals surface area contributed by atoms with Gasteiger partial charge in [-0.05, 0) is 32.8 Å². The molecule has 1 fully saturated rings. The van der Waals surface area contributed by atoms with E-state index in [1.54, 1.807) is 0 Å². The minimum Gasteiger partial charge on any atom is -0.337 e. The van der Waals surface area contributed by atoms with Crippen molar-refractivity contribution in [3.63, 3.8) is 0 Å². The fourth-order valence-corrected chi connectivity index (χ4v) is 2.30. The standard InChI is InChI=1S/C11H16ClN3/c1-7-5-13-11(14-9(7)3)15-6-10(12)4-8(15)2/h5,8,10H,4,6H2,1-3H3. The van der Waals surface area contributed by atoms with Crippen molar-refractivity contribution in [2.45, 2.75) is 38.6 Å². The van der Waals surface area contributed by atoms with Crippen LogP contribution in [0.4, 0.5) is 5.95 Å². The molecule has 2 heterocycles. The van der Waals surface area contributed by atoms with Gasteiger partial charge in [0.05, 0.1) is 5.38 Å². The lowest BCUT2D eigenvalue weighted by atomic mass is 10.2. The van der Waals surface area contributed by atoms with E-state index in [-0.39, 0.29) is 5.38 Å². The molecule has 0 bridgehead atoms. The monoisotopic (exact) mass is 225 g/mol. The fraction of sp³-hybridized carbons (Fsp3) is 0.636. The summed E-state index contributed by atoms with van der Waals surface area (Å²) in [5.41, 5.74) is 2.18.